The van der Waals surface area contributed by atoms with E-state index in [-0.39, 0.29) is 12.8 Å². The summed E-state index contributed by atoms with van der Waals surface area (Å²) in [5.74, 6) is 0. The quantitative estimate of drug-likeness (QED) is 0.220. The first-order valence-corrected chi connectivity index (χ1v) is 14.0. The molecule has 1 aliphatic carbocycles. The maximum Gasteiger partial charge on any atom is 0.411 e. The Morgan fingerprint density at radius 1 is 0.900 bits per heavy atom. The topological polar surface area (TPSA) is 71.7 Å². The number of anilines is 2. The number of rotatable bonds is 5. The molecule has 0 saturated carbocycles. The normalized spacial score (nSPS) is 14.1. The maximum absolute atomic E-state index is 12.6. The summed E-state index contributed by atoms with van der Waals surface area (Å²) in [7, 11) is 0. The fourth-order valence-electron chi connectivity index (χ4n) is 4.95. The summed E-state index contributed by atoms with van der Waals surface area (Å²) in [6, 6.07) is 27.1. The molecule has 3 aromatic carbocycles. The van der Waals surface area contributed by atoms with Crippen LogP contribution >= 0.6 is 23.2 Å². The van der Waals surface area contributed by atoms with Crippen LogP contribution in [0.25, 0.3) is 28.1 Å². The van der Waals surface area contributed by atoms with Crippen molar-refractivity contribution in [3.05, 3.63) is 100 Å². The Kier molecular flexibility index (Phi) is 7.58. The van der Waals surface area contributed by atoms with Gasteiger partial charge >= 0.3 is 6.09 Å². The van der Waals surface area contributed by atoms with Gasteiger partial charge in [0.05, 0.1) is 33.5 Å². The fraction of sp³-hybridized carbons (Fsp3) is 0.194. The summed E-state index contributed by atoms with van der Waals surface area (Å²) < 4.78 is 7.69. The van der Waals surface area contributed by atoms with Crippen LogP contribution in [0.1, 0.15) is 19.3 Å². The highest BCUT2D eigenvalue weighted by Crippen LogP contribution is 2.31. The summed E-state index contributed by atoms with van der Waals surface area (Å²) in [6.45, 7) is 1.34. The van der Waals surface area contributed by atoms with Crippen molar-refractivity contribution in [3.63, 3.8) is 0 Å². The number of para-hydroxylation sites is 2. The van der Waals surface area contributed by atoms with Crippen LogP contribution in [-0.2, 0) is 4.74 Å². The Bertz CT molecular complexity index is 1690. The number of aromatic nitrogens is 2. The molecule has 202 valence electrons. The van der Waals surface area contributed by atoms with Gasteiger partial charge in [-0.3, -0.25) is 0 Å². The smallest absolute Gasteiger partial charge is 0.411 e. The van der Waals surface area contributed by atoms with Crippen LogP contribution in [0.2, 0.25) is 10.0 Å². The Morgan fingerprint density at radius 3 is 2.35 bits per heavy atom. The minimum Gasteiger partial charge on any atom is -0.426 e. The zero-order valence-electron chi connectivity index (χ0n) is 21.7. The highest BCUT2D eigenvalue weighted by atomic mass is 35.5. The zero-order valence-corrected chi connectivity index (χ0v) is 23.2. The second-order valence-corrected chi connectivity index (χ2v) is 10.5. The Labute approximate surface area is 242 Å². The molecule has 2 heterocycles. The number of hydrogen-bond acceptors (Lipinski definition) is 5. The lowest BCUT2D eigenvalue weighted by molar-refractivity contribution is 0.0972. The number of nitrogens with one attached hydrogen (secondary N) is 1. The Balaban J connectivity index is 1.48. The molecule has 7 nitrogen and oxygen atoms in total. The van der Waals surface area contributed by atoms with Gasteiger partial charge in [-0.1, -0.05) is 35.3 Å². The van der Waals surface area contributed by atoms with Gasteiger partial charge in [-0.05, 0) is 92.1 Å². The van der Waals surface area contributed by atoms with Gasteiger partial charge in [0, 0.05) is 34.5 Å². The zero-order chi connectivity index (χ0) is 27.5. The highest BCUT2D eigenvalue weighted by Gasteiger charge is 2.19. The average Bonchev–Trinajstić information content (AvgIpc) is 2.98. The second kappa shape index (κ2) is 11.6. The monoisotopic (exact) mass is 571 g/mol. The number of hydrogen-bond donors (Lipinski definition) is 1. The number of ether oxygens (including phenoxy) is 1. The van der Waals surface area contributed by atoms with Gasteiger partial charge in [0.2, 0.25) is 0 Å². The van der Waals surface area contributed by atoms with Gasteiger partial charge in [0.15, 0.2) is 6.73 Å². The summed E-state index contributed by atoms with van der Waals surface area (Å²) in [4.78, 5) is 24.0. The number of nitrogens with zero attached hydrogens (tertiary/aromatic N) is 4. The highest BCUT2D eigenvalue weighted by molar-refractivity contribution is 6.30. The second-order valence-electron chi connectivity index (χ2n) is 9.65. The first-order chi connectivity index (χ1) is 19.5. The van der Waals surface area contributed by atoms with E-state index >= 15 is 0 Å². The number of fused-ring (bicyclic) bond motifs is 2. The third-order valence-electron chi connectivity index (χ3n) is 6.94. The van der Waals surface area contributed by atoms with Crippen LogP contribution in [0, 0.1) is 0 Å². The molecule has 3 aliphatic rings. The molecule has 1 fully saturated rings. The van der Waals surface area contributed by atoms with E-state index in [0.717, 1.165) is 71.8 Å². The molecule has 1 saturated heterocycles. The van der Waals surface area contributed by atoms with Crippen molar-refractivity contribution < 1.29 is 9.53 Å². The molecule has 1 amide bonds. The van der Waals surface area contributed by atoms with Crippen molar-refractivity contribution in [1.82, 2.24) is 14.5 Å². The largest absolute Gasteiger partial charge is 0.426 e. The summed E-state index contributed by atoms with van der Waals surface area (Å²) in [6.07, 6.45) is 2.80. The van der Waals surface area contributed by atoms with E-state index in [9.17, 15) is 4.79 Å². The van der Waals surface area contributed by atoms with Crippen molar-refractivity contribution in [3.8, 4) is 17.1 Å². The molecule has 0 atom stereocenters. The Hall–Kier alpha value is -4.07. The van der Waals surface area contributed by atoms with Gasteiger partial charge in [-0.2, -0.15) is 0 Å². The number of carbonyl (C=O) groups is 1. The van der Waals surface area contributed by atoms with E-state index in [1.165, 1.54) is 0 Å². The molecule has 0 radical (unpaired) electrons. The van der Waals surface area contributed by atoms with Crippen molar-refractivity contribution in [2.45, 2.75) is 19.3 Å². The average molecular weight is 572 g/mol. The molecule has 40 heavy (non-hydrogen) atoms. The fourth-order valence-corrected chi connectivity index (χ4v) is 5.21. The van der Waals surface area contributed by atoms with E-state index in [1.807, 2.05) is 84.9 Å². The van der Waals surface area contributed by atoms with E-state index < -0.39 is 0 Å². The number of carbonyl (C=O) groups excluding carboxylic acids is 1. The molecule has 0 aromatic heterocycles. The molecule has 6 rings (SSSR count). The van der Waals surface area contributed by atoms with Gasteiger partial charge in [0.1, 0.15) is 0 Å². The van der Waals surface area contributed by atoms with E-state index in [1.54, 1.807) is 4.90 Å². The van der Waals surface area contributed by atoms with Crippen LogP contribution in [0.5, 0.6) is 0 Å². The third-order valence-corrected chi connectivity index (χ3v) is 7.45. The van der Waals surface area contributed by atoms with Crippen LogP contribution in [0.15, 0.2) is 89.9 Å². The number of piperidine rings is 1. The molecular weight excluding hydrogens is 545 g/mol. The molecular formula is C31H27Cl2N5O2. The number of amides is 1. The molecule has 1 N–H and O–H groups in total. The standard InChI is InChI=1S/C31H27Cl2N5O2/c32-21-8-12-23(13-9-21)35-27-18-28-30(19-26(27)34-20-40-31(39)37-16-4-1-5-17-37)38(24-14-10-22(33)11-15-24)29-7-3-2-6-25(29)36-28/h2-3,6-15,18-19,35H,1,4-5,16-17,20H2. The lowest BCUT2D eigenvalue weighted by atomic mass is 10.1. The number of likely N-dealkylation sites (tertiary alicyclic amines) is 1. The lowest BCUT2D eigenvalue weighted by Gasteiger charge is -2.25. The predicted octanol–water partition coefficient (Wildman–Crippen LogP) is 7.66. The van der Waals surface area contributed by atoms with Crippen LogP contribution in [0.3, 0.4) is 0 Å². The third kappa shape index (κ3) is 5.62. The van der Waals surface area contributed by atoms with Gasteiger partial charge in [-0.25, -0.2) is 14.8 Å². The summed E-state index contributed by atoms with van der Waals surface area (Å²) in [5, 5.41) is 5.38. The van der Waals surface area contributed by atoms with E-state index in [2.05, 4.69) is 9.88 Å². The first-order valence-electron chi connectivity index (χ1n) is 13.2. The minimum absolute atomic E-state index is 0.0991. The lowest BCUT2D eigenvalue weighted by Crippen LogP contribution is -2.36. The summed E-state index contributed by atoms with van der Waals surface area (Å²) >= 11 is 12.3. The Morgan fingerprint density at radius 2 is 1.60 bits per heavy atom. The molecule has 2 aliphatic heterocycles. The minimum atomic E-state index is -0.333. The molecule has 3 aromatic rings. The number of halogens is 2. The molecule has 9 heteroatoms. The van der Waals surface area contributed by atoms with Gasteiger partial charge < -0.3 is 19.5 Å². The van der Waals surface area contributed by atoms with Crippen molar-refractivity contribution in [1.29, 1.82) is 0 Å². The van der Waals surface area contributed by atoms with E-state index in [0.29, 0.717) is 15.4 Å². The van der Waals surface area contributed by atoms with Crippen LogP contribution in [0.4, 0.5) is 16.2 Å². The summed E-state index contributed by atoms with van der Waals surface area (Å²) in [5.41, 5.74) is 5.93. The van der Waals surface area contributed by atoms with Crippen LogP contribution in [-0.4, -0.2) is 40.4 Å². The first kappa shape index (κ1) is 26.2. The maximum atomic E-state index is 12.6. The van der Waals surface area contributed by atoms with Crippen molar-refractivity contribution >= 4 is 51.7 Å². The van der Waals surface area contributed by atoms with Gasteiger partial charge in [-0.15, -0.1) is 0 Å². The molecule has 0 unspecified atom stereocenters. The van der Waals surface area contributed by atoms with E-state index in [4.69, 9.17) is 37.9 Å². The molecule has 0 bridgehead atoms. The predicted molar refractivity (Wildman–Crippen MR) is 160 cm³/mol. The van der Waals surface area contributed by atoms with Crippen molar-refractivity contribution in [2.24, 2.45) is 4.99 Å². The number of benzene rings is 4. The SMILES string of the molecule is O=C(OCN=c1cc2n(-c3ccc(Cl)cc3)c3ccccc3nc-2cc1Nc1ccc(Cl)cc1)N1CCCCC1. The van der Waals surface area contributed by atoms with Crippen LogP contribution < -0.4 is 10.7 Å². The molecule has 0 spiro atoms. The van der Waals surface area contributed by atoms with Crippen molar-refractivity contribution in [2.75, 3.05) is 25.1 Å². The van der Waals surface area contributed by atoms with Gasteiger partial charge in [0.25, 0.3) is 0 Å².